The number of carbonyl (C=O) groups is 2. The molecule has 1 aliphatic carbocycles. The lowest BCUT2D eigenvalue weighted by molar-refractivity contribution is -0.121. The first-order chi connectivity index (χ1) is 14.6. The molecular formula is C22H24N4O4. The molecule has 0 spiro atoms. The van der Waals surface area contributed by atoms with Crippen LogP contribution in [0.3, 0.4) is 0 Å². The van der Waals surface area contributed by atoms with E-state index in [0.717, 1.165) is 12.8 Å². The average molecular weight is 408 g/mol. The minimum absolute atomic E-state index is 0.159. The van der Waals surface area contributed by atoms with E-state index in [0.29, 0.717) is 29.9 Å². The van der Waals surface area contributed by atoms with E-state index in [2.05, 4.69) is 10.3 Å². The van der Waals surface area contributed by atoms with Crippen molar-refractivity contribution in [3.8, 4) is 11.8 Å². The van der Waals surface area contributed by atoms with Gasteiger partial charge in [-0.2, -0.15) is 5.26 Å². The summed E-state index contributed by atoms with van der Waals surface area (Å²) < 4.78 is 10.6. The Morgan fingerprint density at radius 2 is 2.00 bits per heavy atom. The van der Waals surface area contributed by atoms with Crippen molar-refractivity contribution in [1.29, 1.82) is 5.26 Å². The van der Waals surface area contributed by atoms with Gasteiger partial charge in [0.1, 0.15) is 11.6 Å². The molecule has 0 unspecified atom stereocenters. The van der Waals surface area contributed by atoms with E-state index in [-0.39, 0.29) is 18.5 Å². The van der Waals surface area contributed by atoms with E-state index in [4.69, 9.17) is 14.7 Å². The monoisotopic (exact) mass is 408 g/mol. The maximum atomic E-state index is 12.7. The molecule has 0 atom stereocenters. The van der Waals surface area contributed by atoms with Crippen LogP contribution in [0.15, 0.2) is 42.6 Å². The highest BCUT2D eigenvalue weighted by Crippen LogP contribution is 2.23. The summed E-state index contributed by atoms with van der Waals surface area (Å²) in [5.41, 5.74) is 0.876. The van der Waals surface area contributed by atoms with Crippen LogP contribution in [0.4, 0.5) is 11.5 Å². The number of hydrogen-bond acceptors (Lipinski definition) is 7. The van der Waals surface area contributed by atoms with Crippen molar-refractivity contribution >= 4 is 23.4 Å². The van der Waals surface area contributed by atoms with Crippen molar-refractivity contribution in [2.75, 3.05) is 30.0 Å². The number of nitrogens with zero attached hydrogens (tertiary/aromatic N) is 3. The molecule has 1 amide bonds. The fraction of sp³-hybridized carbons (Fsp3) is 0.364. The van der Waals surface area contributed by atoms with Gasteiger partial charge in [-0.05, 0) is 56.2 Å². The molecule has 8 nitrogen and oxygen atoms in total. The van der Waals surface area contributed by atoms with Gasteiger partial charge in [-0.1, -0.05) is 0 Å². The summed E-state index contributed by atoms with van der Waals surface area (Å²) >= 11 is 0. The molecule has 8 heteroatoms. The zero-order valence-corrected chi connectivity index (χ0v) is 16.8. The van der Waals surface area contributed by atoms with Crippen LogP contribution in [0.1, 0.15) is 36.5 Å². The number of benzene rings is 1. The first-order valence-corrected chi connectivity index (χ1v) is 9.90. The number of aromatic nitrogens is 1. The van der Waals surface area contributed by atoms with Gasteiger partial charge in [-0.15, -0.1) is 0 Å². The van der Waals surface area contributed by atoms with Gasteiger partial charge in [0.25, 0.3) is 5.91 Å². The van der Waals surface area contributed by atoms with Crippen molar-refractivity contribution < 1.29 is 19.1 Å². The Hall–Kier alpha value is -3.60. The second-order valence-electron chi connectivity index (χ2n) is 6.81. The standard InChI is InChI=1S/C22H24N4O4/c1-2-29-19-9-7-18(8-10-19)26(13-3-12-23)21(27)15-30-22(28)16-4-11-20(24-14-16)25-17-5-6-17/h4,7-11,14,17H,2-3,5-6,13,15H2,1H3,(H,24,25). The normalized spacial score (nSPS) is 12.5. The Morgan fingerprint density at radius 1 is 1.23 bits per heavy atom. The lowest BCUT2D eigenvalue weighted by Crippen LogP contribution is -2.35. The predicted octanol–water partition coefficient (Wildman–Crippen LogP) is 3.16. The Kier molecular flexibility index (Phi) is 7.22. The van der Waals surface area contributed by atoms with Gasteiger partial charge < -0.3 is 19.7 Å². The molecule has 0 radical (unpaired) electrons. The van der Waals surface area contributed by atoms with Crippen LogP contribution in [0, 0.1) is 11.3 Å². The Labute approximate surface area is 175 Å². The van der Waals surface area contributed by atoms with Crippen LogP contribution >= 0.6 is 0 Å². The van der Waals surface area contributed by atoms with E-state index in [1.54, 1.807) is 36.4 Å². The lowest BCUT2D eigenvalue weighted by atomic mass is 10.2. The summed E-state index contributed by atoms with van der Waals surface area (Å²) in [5, 5.41) is 12.1. The smallest absolute Gasteiger partial charge is 0.340 e. The van der Waals surface area contributed by atoms with Crippen molar-refractivity contribution in [3.05, 3.63) is 48.2 Å². The number of hydrogen-bond donors (Lipinski definition) is 1. The minimum atomic E-state index is -0.624. The molecule has 0 aliphatic heterocycles. The maximum Gasteiger partial charge on any atom is 0.340 e. The fourth-order valence-corrected chi connectivity index (χ4v) is 2.77. The summed E-state index contributed by atoms with van der Waals surface area (Å²) in [6.45, 7) is 2.19. The van der Waals surface area contributed by atoms with Crippen molar-refractivity contribution in [1.82, 2.24) is 4.98 Å². The highest BCUT2D eigenvalue weighted by atomic mass is 16.5. The second kappa shape index (κ2) is 10.3. The number of pyridine rings is 1. The summed E-state index contributed by atoms with van der Waals surface area (Å²) in [7, 11) is 0. The topological polar surface area (TPSA) is 105 Å². The molecule has 1 fully saturated rings. The van der Waals surface area contributed by atoms with Crippen molar-refractivity contribution in [3.63, 3.8) is 0 Å². The van der Waals surface area contributed by atoms with E-state index >= 15 is 0 Å². The van der Waals surface area contributed by atoms with Gasteiger partial charge >= 0.3 is 5.97 Å². The number of anilines is 2. The van der Waals surface area contributed by atoms with Crippen LogP contribution in [0.25, 0.3) is 0 Å². The third kappa shape index (κ3) is 5.95. The van der Waals surface area contributed by atoms with Crippen LogP contribution in [-0.2, 0) is 9.53 Å². The molecule has 0 saturated heterocycles. The minimum Gasteiger partial charge on any atom is -0.494 e. The highest BCUT2D eigenvalue weighted by molar-refractivity contribution is 5.97. The molecule has 1 heterocycles. The molecule has 1 aromatic carbocycles. The molecule has 2 aromatic rings. The maximum absolute atomic E-state index is 12.7. The molecule has 156 valence electrons. The number of carbonyl (C=O) groups excluding carboxylic acids is 2. The largest absolute Gasteiger partial charge is 0.494 e. The first kappa shape index (κ1) is 21.1. The molecule has 30 heavy (non-hydrogen) atoms. The zero-order chi connectivity index (χ0) is 21.3. The van der Waals surface area contributed by atoms with Gasteiger partial charge in [-0.25, -0.2) is 9.78 Å². The molecule has 0 bridgehead atoms. The van der Waals surface area contributed by atoms with E-state index in [1.807, 2.05) is 13.0 Å². The third-order valence-corrected chi connectivity index (χ3v) is 4.46. The second-order valence-corrected chi connectivity index (χ2v) is 6.81. The van der Waals surface area contributed by atoms with Crippen LogP contribution < -0.4 is 15.0 Å². The van der Waals surface area contributed by atoms with E-state index < -0.39 is 18.5 Å². The number of rotatable bonds is 10. The van der Waals surface area contributed by atoms with E-state index in [1.165, 1.54) is 11.1 Å². The Morgan fingerprint density at radius 3 is 2.60 bits per heavy atom. The molecular weight excluding hydrogens is 384 g/mol. The summed E-state index contributed by atoms with van der Waals surface area (Å²) in [6.07, 6.45) is 3.85. The van der Waals surface area contributed by atoms with Gasteiger partial charge in [0.15, 0.2) is 6.61 Å². The highest BCUT2D eigenvalue weighted by Gasteiger charge is 2.22. The predicted molar refractivity (Wildman–Crippen MR) is 111 cm³/mol. The SMILES string of the molecule is CCOc1ccc(N(CCC#N)C(=O)COC(=O)c2ccc(NC3CC3)nc2)cc1. The quantitative estimate of drug-likeness (QED) is 0.602. The van der Waals surface area contributed by atoms with Crippen LogP contribution in [-0.4, -0.2) is 42.7 Å². The third-order valence-electron chi connectivity index (χ3n) is 4.46. The number of esters is 1. The molecule has 3 rings (SSSR count). The fourth-order valence-electron chi connectivity index (χ4n) is 2.77. The molecule has 1 saturated carbocycles. The number of nitrogens with one attached hydrogen (secondary N) is 1. The van der Waals surface area contributed by atoms with Gasteiger partial charge in [0.05, 0.1) is 24.7 Å². The summed E-state index contributed by atoms with van der Waals surface area (Å²) in [5.74, 6) is 0.360. The Balaban J connectivity index is 1.58. The first-order valence-electron chi connectivity index (χ1n) is 9.90. The van der Waals surface area contributed by atoms with Gasteiger partial charge in [-0.3, -0.25) is 4.79 Å². The summed E-state index contributed by atoms with van der Waals surface area (Å²) in [4.78, 5) is 30.5. The number of ether oxygens (including phenoxy) is 2. The lowest BCUT2D eigenvalue weighted by Gasteiger charge is -2.22. The van der Waals surface area contributed by atoms with Crippen molar-refractivity contribution in [2.24, 2.45) is 0 Å². The zero-order valence-electron chi connectivity index (χ0n) is 16.8. The van der Waals surface area contributed by atoms with Gasteiger partial charge in [0.2, 0.25) is 0 Å². The average Bonchev–Trinajstić information content (AvgIpc) is 3.58. The summed E-state index contributed by atoms with van der Waals surface area (Å²) in [6, 6.07) is 12.8. The molecule has 1 aromatic heterocycles. The van der Waals surface area contributed by atoms with Crippen LogP contribution in [0.5, 0.6) is 5.75 Å². The van der Waals surface area contributed by atoms with Gasteiger partial charge in [0, 0.05) is 24.5 Å². The van der Waals surface area contributed by atoms with Crippen LogP contribution in [0.2, 0.25) is 0 Å². The Bertz CT molecular complexity index is 902. The molecule has 1 N–H and O–H groups in total. The molecule has 1 aliphatic rings. The van der Waals surface area contributed by atoms with Crippen molar-refractivity contribution in [2.45, 2.75) is 32.2 Å². The number of amides is 1. The number of nitriles is 1. The van der Waals surface area contributed by atoms with E-state index in [9.17, 15) is 9.59 Å².